The van der Waals surface area contributed by atoms with Gasteiger partial charge in [-0.2, -0.15) is 18.3 Å². The lowest BCUT2D eigenvalue weighted by molar-refractivity contribution is -0.137. The molecule has 0 amide bonds. The Morgan fingerprint density at radius 1 is 1.12 bits per heavy atom. The van der Waals surface area contributed by atoms with E-state index in [1.807, 2.05) is 0 Å². The van der Waals surface area contributed by atoms with E-state index < -0.39 is 11.7 Å². The first kappa shape index (κ1) is 16.3. The molecule has 0 saturated heterocycles. The first-order valence-electron chi connectivity index (χ1n) is 6.86. The van der Waals surface area contributed by atoms with Crippen LogP contribution < -0.4 is 0 Å². The standard InChI is InChI=1S/C16H11ClF3N3O/c1-8-11(17)3-2-4-12(8)22-23-14-10-7-9(16(18,19)20)5-6-13(10)21-15(14)24/h2-7,21,24H,1H3. The van der Waals surface area contributed by atoms with Gasteiger partial charge in [0, 0.05) is 10.4 Å². The van der Waals surface area contributed by atoms with Crippen molar-refractivity contribution in [3.05, 3.63) is 52.5 Å². The average Bonchev–Trinajstić information content (AvgIpc) is 2.82. The molecule has 2 N–H and O–H groups in total. The molecule has 24 heavy (non-hydrogen) atoms. The van der Waals surface area contributed by atoms with E-state index in [1.54, 1.807) is 25.1 Å². The van der Waals surface area contributed by atoms with Crippen LogP contribution in [0.3, 0.4) is 0 Å². The Kier molecular flexibility index (Phi) is 3.96. The van der Waals surface area contributed by atoms with E-state index in [0.717, 1.165) is 12.1 Å². The third-order valence-corrected chi connectivity index (χ3v) is 3.99. The molecule has 8 heteroatoms. The SMILES string of the molecule is Cc1c(Cl)cccc1N=Nc1c(O)[nH]c2ccc(C(F)(F)F)cc12. The minimum Gasteiger partial charge on any atom is -0.493 e. The summed E-state index contributed by atoms with van der Waals surface area (Å²) in [7, 11) is 0. The summed E-state index contributed by atoms with van der Waals surface area (Å²) in [5.74, 6) is -0.354. The Labute approximate surface area is 139 Å². The number of fused-ring (bicyclic) bond motifs is 1. The number of benzene rings is 2. The van der Waals surface area contributed by atoms with Gasteiger partial charge in [-0.15, -0.1) is 5.11 Å². The normalized spacial score (nSPS) is 12.4. The first-order valence-corrected chi connectivity index (χ1v) is 7.24. The quantitative estimate of drug-likeness (QED) is 0.524. The van der Waals surface area contributed by atoms with Crippen LogP contribution in [0.25, 0.3) is 10.9 Å². The number of hydrogen-bond acceptors (Lipinski definition) is 3. The predicted molar refractivity (Wildman–Crippen MR) is 85.3 cm³/mol. The summed E-state index contributed by atoms with van der Waals surface area (Å²) in [4.78, 5) is 2.58. The van der Waals surface area contributed by atoms with Gasteiger partial charge in [0.05, 0.1) is 16.8 Å². The zero-order chi connectivity index (χ0) is 17.5. The van der Waals surface area contributed by atoms with Crippen LogP contribution in [-0.4, -0.2) is 10.1 Å². The Morgan fingerprint density at radius 3 is 2.58 bits per heavy atom. The number of nitrogens with zero attached hydrogens (tertiary/aromatic N) is 2. The van der Waals surface area contributed by atoms with Crippen molar-refractivity contribution in [2.45, 2.75) is 13.1 Å². The molecule has 0 atom stereocenters. The van der Waals surface area contributed by atoms with Gasteiger partial charge in [-0.3, -0.25) is 0 Å². The van der Waals surface area contributed by atoms with Gasteiger partial charge in [0.1, 0.15) is 0 Å². The number of aromatic hydroxyl groups is 1. The second-order valence-corrected chi connectivity index (χ2v) is 5.57. The van der Waals surface area contributed by atoms with Gasteiger partial charge >= 0.3 is 6.18 Å². The fourth-order valence-electron chi connectivity index (χ4n) is 2.25. The predicted octanol–water partition coefficient (Wildman–Crippen LogP) is 6.27. The highest BCUT2D eigenvalue weighted by atomic mass is 35.5. The Morgan fingerprint density at radius 2 is 1.88 bits per heavy atom. The molecule has 2 aromatic carbocycles. The molecule has 0 saturated carbocycles. The monoisotopic (exact) mass is 353 g/mol. The van der Waals surface area contributed by atoms with Crippen molar-refractivity contribution in [2.75, 3.05) is 0 Å². The highest BCUT2D eigenvalue weighted by Crippen LogP contribution is 2.40. The minimum absolute atomic E-state index is 0.0597. The van der Waals surface area contributed by atoms with E-state index in [4.69, 9.17) is 11.6 Å². The second kappa shape index (κ2) is 5.83. The third kappa shape index (κ3) is 2.94. The summed E-state index contributed by atoms with van der Waals surface area (Å²) >= 11 is 5.99. The molecule has 0 aliphatic heterocycles. The van der Waals surface area contributed by atoms with Crippen LogP contribution in [0.15, 0.2) is 46.6 Å². The molecule has 1 heterocycles. The van der Waals surface area contributed by atoms with Crippen molar-refractivity contribution in [1.29, 1.82) is 0 Å². The van der Waals surface area contributed by atoms with Crippen LogP contribution in [0.1, 0.15) is 11.1 Å². The number of hydrogen-bond donors (Lipinski definition) is 2. The lowest BCUT2D eigenvalue weighted by atomic mass is 10.1. The highest BCUT2D eigenvalue weighted by Gasteiger charge is 2.31. The molecular weight excluding hydrogens is 343 g/mol. The summed E-state index contributed by atoms with van der Waals surface area (Å²) in [5, 5.41) is 18.4. The van der Waals surface area contributed by atoms with Crippen LogP contribution in [0, 0.1) is 6.92 Å². The zero-order valence-corrected chi connectivity index (χ0v) is 13.1. The van der Waals surface area contributed by atoms with Crippen molar-refractivity contribution in [2.24, 2.45) is 10.2 Å². The summed E-state index contributed by atoms with van der Waals surface area (Å²) in [6.45, 7) is 1.74. The maximum Gasteiger partial charge on any atom is 0.416 e. The van der Waals surface area contributed by atoms with E-state index in [-0.39, 0.29) is 17.0 Å². The minimum atomic E-state index is -4.49. The number of nitrogens with one attached hydrogen (secondary N) is 1. The topological polar surface area (TPSA) is 60.7 Å². The zero-order valence-electron chi connectivity index (χ0n) is 12.3. The first-order chi connectivity index (χ1) is 11.3. The van der Waals surface area contributed by atoms with Crippen LogP contribution >= 0.6 is 11.6 Å². The molecule has 3 rings (SSSR count). The lowest BCUT2D eigenvalue weighted by Gasteiger charge is -2.06. The Balaban J connectivity index is 2.10. The molecule has 0 radical (unpaired) electrons. The number of aromatic amines is 1. The average molecular weight is 354 g/mol. The maximum atomic E-state index is 12.9. The van der Waals surface area contributed by atoms with Crippen molar-refractivity contribution in [1.82, 2.24) is 4.98 Å². The summed E-state index contributed by atoms with van der Waals surface area (Å²) in [6.07, 6.45) is -4.49. The Hall–Kier alpha value is -2.54. The van der Waals surface area contributed by atoms with Gasteiger partial charge in [-0.25, -0.2) is 0 Å². The molecule has 124 valence electrons. The lowest BCUT2D eigenvalue weighted by Crippen LogP contribution is -2.03. The summed E-state index contributed by atoms with van der Waals surface area (Å²) in [6, 6.07) is 8.12. The molecule has 0 unspecified atom stereocenters. The Bertz CT molecular complexity index is 948. The van der Waals surface area contributed by atoms with Crippen molar-refractivity contribution >= 4 is 33.9 Å². The van der Waals surface area contributed by atoms with Crippen LogP contribution in [-0.2, 0) is 6.18 Å². The molecular formula is C16H11ClF3N3O. The van der Waals surface area contributed by atoms with Gasteiger partial charge in [0.25, 0.3) is 0 Å². The van der Waals surface area contributed by atoms with Gasteiger partial charge in [0.15, 0.2) is 5.69 Å². The van der Waals surface area contributed by atoms with Crippen LogP contribution in [0.5, 0.6) is 5.88 Å². The van der Waals surface area contributed by atoms with Gasteiger partial charge in [-0.05, 0) is 42.8 Å². The molecule has 0 bridgehead atoms. The van der Waals surface area contributed by atoms with Gasteiger partial charge in [0.2, 0.25) is 5.88 Å². The van der Waals surface area contributed by atoms with Crippen molar-refractivity contribution < 1.29 is 18.3 Å². The molecule has 4 nitrogen and oxygen atoms in total. The van der Waals surface area contributed by atoms with E-state index in [1.165, 1.54) is 6.07 Å². The molecule has 0 fully saturated rings. The van der Waals surface area contributed by atoms with Crippen molar-refractivity contribution in [3.8, 4) is 5.88 Å². The molecule has 0 spiro atoms. The summed E-state index contributed by atoms with van der Waals surface area (Å²) < 4.78 is 38.6. The number of halogens is 4. The maximum absolute atomic E-state index is 12.9. The second-order valence-electron chi connectivity index (χ2n) is 5.16. The van der Waals surface area contributed by atoms with Crippen LogP contribution in [0.4, 0.5) is 24.5 Å². The smallest absolute Gasteiger partial charge is 0.416 e. The van der Waals surface area contributed by atoms with Gasteiger partial charge in [-0.1, -0.05) is 17.7 Å². The number of rotatable bonds is 2. The van der Waals surface area contributed by atoms with E-state index >= 15 is 0 Å². The van der Waals surface area contributed by atoms with Gasteiger partial charge < -0.3 is 10.1 Å². The molecule has 0 aliphatic rings. The number of aromatic nitrogens is 1. The number of H-pyrrole nitrogens is 1. The molecule has 3 aromatic rings. The summed E-state index contributed by atoms with van der Waals surface area (Å²) in [5.41, 5.74) is 0.582. The highest BCUT2D eigenvalue weighted by molar-refractivity contribution is 6.31. The molecule has 0 aliphatic carbocycles. The van der Waals surface area contributed by atoms with Crippen LogP contribution in [0.2, 0.25) is 5.02 Å². The fourth-order valence-corrected chi connectivity index (χ4v) is 2.42. The number of alkyl halides is 3. The van der Waals surface area contributed by atoms with Crippen molar-refractivity contribution in [3.63, 3.8) is 0 Å². The largest absolute Gasteiger partial charge is 0.493 e. The molecule has 1 aromatic heterocycles. The van der Waals surface area contributed by atoms with E-state index in [9.17, 15) is 18.3 Å². The fraction of sp³-hybridized carbons (Fsp3) is 0.125. The van der Waals surface area contributed by atoms with E-state index in [0.29, 0.717) is 21.8 Å². The van der Waals surface area contributed by atoms with E-state index in [2.05, 4.69) is 15.2 Å². The third-order valence-electron chi connectivity index (χ3n) is 3.58. The number of azo groups is 1.